The molecule has 0 aliphatic carbocycles. The van der Waals surface area contributed by atoms with E-state index in [0.29, 0.717) is 17.5 Å². The molecule has 27 heavy (non-hydrogen) atoms. The fourth-order valence-electron chi connectivity index (χ4n) is 3.08. The molecule has 4 nitrogen and oxygen atoms in total. The second-order valence-corrected chi connectivity index (χ2v) is 7.28. The van der Waals surface area contributed by atoms with E-state index >= 15 is 0 Å². The van der Waals surface area contributed by atoms with Crippen molar-refractivity contribution in [2.75, 3.05) is 5.75 Å². The summed E-state index contributed by atoms with van der Waals surface area (Å²) < 4.78 is 0. The molecule has 0 spiro atoms. The van der Waals surface area contributed by atoms with E-state index in [2.05, 4.69) is 34.5 Å². The molecule has 1 heterocycles. The summed E-state index contributed by atoms with van der Waals surface area (Å²) in [5.74, 6) is 0.475. The molecule has 0 radical (unpaired) electrons. The van der Waals surface area contributed by atoms with Crippen LogP contribution in [0.1, 0.15) is 18.1 Å². The Labute approximate surface area is 162 Å². The minimum Gasteiger partial charge on any atom is -0.285 e. The average Bonchev–Trinajstić information content (AvgIpc) is 3.06. The molecule has 1 saturated heterocycles. The molecule has 4 rings (SSSR count). The molecule has 1 aliphatic rings. The van der Waals surface area contributed by atoms with Gasteiger partial charge in [0.05, 0.1) is 18.0 Å². The second-order valence-electron chi connectivity index (χ2n) is 6.34. The predicted octanol–water partition coefficient (Wildman–Crippen LogP) is 4.70. The number of thioether (sulfide) groups is 1. The maximum Gasteiger partial charge on any atom is 0.239 e. The van der Waals surface area contributed by atoms with Crippen molar-refractivity contribution in [1.29, 1.82) is 0 Å². The first kappa shape index (κ1) is 17.5. The van der Waals surface area contributed by atoms with Crippen LogP contribution in [-0.2, 0) is 11.3 Å². The predicted molar refractivity (Wildman–Crippen MR) is 113 cm³/mol. The highest BCUT2D eigenvalue weighted by atomic mass is 32.2. The third-order valence-electron chi connectivity index (χ3n) is 4.54. The largest absolute Gasteiger partial charge is 0.285 e. The molecule has 134 valence electrons. The highest BCUT2D eigenvalue weighted by Crippen LogP contribution is 2.25. The van der Waals surface area contributed by atoms with Crippen LogP contribution in [0.3, 0.4) is 0 Å². The van der Waals surface area contributed by atoms with Crippen molar-refractivity contribution < 1.29 is 4.79 Å². The molecule has 0 atom stereocenters. The summed E-state index contributed by atoms with van der Waals surface area (Å²) in [5, 5.41) is 11.7. The highest BCUT2D eigenvalue weighted by Gasteiger charge is 2.28. The zero-order valence-electron chi connectivity index (χ0n) is 15.0. The third-order valence-corrected chi connectivity index (χ3v) is 5.49. The van der Waals surface area contributed by atoms with Gasteiger partial charge in [-0.1, -0.05) is 84.6 Å². The highest BCUT2D eigenvalue weighted by molar-refractivity contribution is 8.15. The number of hydrogen-bond donors (Lipinski definition) is 0. The number of carbonyl (C=O) groups is 1. The monoisotopic (exact) mass is 373 g/mol. The third kappa shape index (κ3) is 3.78. The van der Waals surface area contributed by atoms with Crippen molar-refractivity contribution in [3.8, 4) is 0 Å². The molecule has 3 aromatic carbocycles. The average molecular weight is 373 g/mol. The van der Waals surface area contributed by atoms with E-state index in [1.807, 2.05) is 55.5 Å². The van der Waals surface area contributed by atoms with E-state index in [9.17, 15) is 4.79 Å². The maximum atomic E-state index is 12.4. The summed E-state index contributed by atoms with van der Waals surface area (Å²) in [6.45, 7) is 2.43. The van der Waals surface area contributed by atoms with Crippen LogP contribution in [0.4, 0.5) is 0 Å². The number of amidine groups is 1. The summed E-state index contributed by atoms with van der Waals surface area (Å²) in [5.41, 5.74) is 2.96. The fraction of sp³-hybridized carbons (Fsp3) is 0.136. The van der Waals surface area contributed by atoms with E-state index in [0.717, 1.165) is 22.2 Å². The van der Waals surface area contributed by atoms with Gasteiger partial charge in [0.15, 0.2) is 5.17 Å². The lowest BCUT2D eigenvalue weighted by Gasteiger charge is -2.16. The molecule has 0 N–H and O–H groups in total. The van der Waals surface area contributed by atoms with Crippen molar-refractivity contribution in [2.24, 2.45) is 10.2 Å². The first-order valence-electron chi connectivity index (χ1n) is 8.80. The molecule has 3 aromatic rings. The van der Waals surface area contributed by atoms with E-state index in [1.54, 1.807) is 4.90 Å². The van der Waals surface area contributed by atoms with Crippen LogP contribution >= 0.6 is 11.8 Å². The summed E-state index contributed by atoms with van der Waals surface area (Å²) >= 11 is 1.44. The molecule has 0 bridgehead atoms. The van der Waals surface area contributed by atoms with Gasteiger partial charge in [-0.2, -0.15) is 5.10 Å². The number of hydrogen-bond acceptors (Lipinski definition) is 4. The van der Waals surface area contributed by atoms with Gasteiger partial charge < -0.3 is 0 Å². The van der Waals surface area contributed by atoms with E-state index in [1.165, 1.54) is 17.1 Å². The number of amides is 1. The van der Waals surface area contributed by atoms with Gasteiger partial charge in [0.1, 0.15) is 0 Å². The van der Waals surface area contributed by atoms with E-state index in [-0.39, 0.29) is 5.91 Å². The standard InChI is InChI=1S/C22H19N3OS/c1-16(17-8-3-2-4-9-17)23-24-22-25(21(26)15-27-22)14-19-12-7-11-18-10-5-6-13-20(18)19/h2-13H,14-15H2,1H3/b23-16+,24-22-. The Kier molecular flexibility index (Phi) is 5.03. The van der Waals surface area contributed by atoms with Gasteiger partial charge in [0.25, 0.3) is 0 Å². The molecule has 1 fully saturated rings. The summed E-state index contributed by atoms with van der Waals surface area (Å²) in [6, 6.07) is 24.3. The minimum atomic E-state index is 0.0687. The zero-order valence-corrected chi connectivity index (χ0v) is 15.8. The molecule has 1 amide bonds. The Hall–Kier alpha value is -2.92. The van der Waals surface area contributed by atoms with Gasteiger partial charge in [-0.3, -0.25) is 9.69 Å². The van der Waals surface area contributed by atoms with Crippen molar-refractivity contribution >= 4 is 39.3 Å². The number of rotatable bonds is 4. The summed E-state index contributed by atoms with van der Waals surface area (Å²) in [4.78, 5) is 14.1. The molecule has 1 aliphatic heterocycles. The fourth-order valence-corrected chi connectivity index (χ4v) is 3.91. The van der Waals surface area contributed by atoms with Gasteiger partial charge >= 0.3 is 0 Å². The van der Waals surface area contributed by atoms with Crippen LogP contribution in [0.2, 0.25) is 0 Å². The van der Waals surface area contributed by atoms with E-state index < -0.39 is 0 Å². The first-order valence-corrected chi connectivity index (χ1v) is 9.78. The van der Waals surface area contributed by atoms with E-state index in [4.69, 9.17) is 0 Å². The van der Waals surface area contributed by atoms with Crippen LogP contribution in [0.5, 0.6) is 0 Å². The normalized spacial score (nSPS) is 16.5. The smallest absolute Gasteiger partial charge is 0.239 e. The van der Waals surface area contributed by atoms with Crippen molar-refractivity contribution in [2.45, 2.75) is 13.5 Å². The summed E-state index contributed by atoms with van der Waals surface area (Å²) in [7, 11) is 0. The van der Waals surface area contributed by atoms with Crippen molar-refractivity contribution in [1.82, 2.24) is 4.90 Å². The minimum absolute atomic E-state index is 0.0687. The van der Waals surface area contributed by atoms with Gasteiger partial charge in [-0.05, 0) is 28.8 Å². The first-order chi connectivity index (χ1) is 13.2. The quantitative estimate of drug-likeness (QED) is 0.492. The molecular formula is C22H19N3OS. The van der Waals surface area contributed by atoms with Gasteiger partial charge in [-0.15, -0.1) is 5.10 Å². The number of carbonyl (C=O) groups excluding carboxylic acids is 1. The van der Waals surface area contributed by atoms with Crippen molar-refractivity contribution in [3.63, 3.8) is 0 Å². The van der Waals surface area contributed by atoms with Crippen LogP contribution in [-0.4, -0.2) is 27.4 Å². The van der Waals surface area contributed by atoms with Crippen LogP contribution in [0.25, 0.3) is 10.8 Å². The van der Waals surface area contributed by atoms with Crippen LogP contribution in [0, 0.1) is 0 Å². The maximum absolute atomic E-state index is 12.4. The zero-order chi connectivity index (χ0) is 18.6. The molecule has 0 saturated carbocycles. The SMILES string of the molecule is C/C(=N\N=C1/SCC(=O)N1Cc1cccc2ccccc12)c1ccccc1. The molecule has 0 aromatic heterocycles. The Morgan fingerprint density at radius 2 is 1.74 bits per heavy atom. The Balaban J connectivity index is 1.62. The molecule has 0 unspecified atom stereocenters. The molecular weight excluding hydrogens is 354 g/mol. The van der Waals surface area contributed by atoms with Crippen LogP contribution in [0.15, 0.2) is 83.0 Å². The Bertz CT molecular complexity index is 1040. The Morgan fingerprint density at radius 1 is 1.00 bits per heavy atom. The topological polar surface area (TPSA) is 45.0 Å². The Morgan fingerprint density at radius 3 is 2.59 bits per heavy atom. The lowest BCUT2D eigenvalue weighted by molar-refractivity contribution is -0.124. The number of fused-ring (bicyclic) bond motifs is 1. The van der Waals surface area contributed by atoms with Gasteiger partial charge in [-0.25, -0.2) is 0 Å². The van der Waals surface area contributed by atoms with Gasteiger partial charge in [0.2, 0.25) is 5.91 Å². The van der Waals surface area contributed by atoms with Gasteiger partial charge in [0, 0.05) is 0 Å². The number of benzene rings is 3. The van der Waals surface area contributed by atoms with Crippen molar-refractivity contribution in [3.05, 3.63) is 83.9 Å². The second kappa shape index (κ2) is 7.76. The summed E-state index contributed by atoms with van der Waals surface area (Å²) in [6.07, 6.45) is 0. The molecule has 5 heteroatoms. The number of nitrogens with zero attached hydrogens (tertiary/aromatic N) is 3. The lowest BCUT2D eigenvalue weighted by atomic mass is 10.0. The van der Waals surface area contributed by atoms with Crippen LogP contribution < -0.4 is 0 Å². The lowest BCUT2D eigenvalue weighted by Crippen LogP contribution is -2.29.